The van der Waals surface area contributed by atoms with Crippen molar-refractivity contribution in [2.24, 2.45) is 33.0 Å². The zero-order valence-electron chi connectivity index (χ0n) is 53.2. The second kappa shape index (κ2) is 24.6. The Morgan fingerprint density at radius 1 is 0.600 bits per heavy atom. The van der Waals surface area contributed by atoms with Gasteiger partial charge in [0.05, 0.1) is 8.50 Å². The van der Waals surface area contributed by atoms with E-state index in [0.717, 1.165) is 95.4 Å². The Kier molecular flexibility index (Phi) is 18.4. The fraction of sp³-hybridized carbons (Fsp3) is 0.438. The van der Waals surface area contributed by atoms with Crippen LogP contribution in [0.1, 0.15) is 174 Å². The van der Waals surface area contributed by atoms with Gasteiger partial charge in [0.15, 0.2) is 5.78 Å². The number of aryl methyl sites for hydroxylation is 1. The molecule has 0 atom stereocenters. The fourth-order valence-corrected chi connectivity index (χ4v) is 13.9. The summed E-state index contributed by atoms with van der Waals surface area (Å²) in [5, 5.41) is 19.3. The number of carbonyl (C=O) groups excluding carboxylic acids is 1. The SMILES string of the molecule is CCC(CC)/C(O)=C/C(=O)C(C)(CC)CC.[2H]c1cc2cc(CC(C)(C)C)cc3c2c(n1)-c1[c-]c2cc(C)ccc2c(CC(C)(C)C)c1S3.[2H]c1cc2cc(CC(C)(C)C)cc3c2c(n1)-c1[c-]c2ccccc2c(CC(C)(C)C)c1S3.[Ir]. The van der Waals surface area contributed by atoms with Crippen LogP contribution in [0.15, 0.2) is 123 Å². The number of aromatic nitrogens is 2. The third-order valence-electron chi connectivity index (χ3n) is 15.5. The molecule has 0 aliphatic carbocycles. The monoisotopic (exact) mass is 1280 g/mol. The zero-order chi connectivity index (χ0) is 59.3. The van der Waals surface area contributed by atoms with E-state index in [2.05, 4.69) is 169 Å². The largest absolute Gasteiger partial charge is 0.512 e. The summed E-state index contributed by atoms with van der Waals surface area (Å²) in [6.07, 6.45) is 9.46. The summed E-state index contributed by atoms with van der Waals surface area (Å²) >= 11 is 3.75. The van der Waals surface area contributed by atoms with Crippen LogP contribution in [0.4, 0.5) is 0 Å². The van der Waals surface area contributed by atoms with E-state index in [1.807, 2.05) is 70.3 Å². The first kappa shape index (κ1) is 59.8. The van der Waals surface area contributed by atoms with Gasteiger partial charge in [0, 0.05) is 71.0 Å². The van der Waals surface area contributed by atoms with Gasteiger partial charge in [-0.25, -0.2) is 0 Å². The minimum Gasteiger partial charge on any atom is -0.512 e. The van der Waals surface area contributed by atoms with Gasteiger partial charge in [-0.15, -0.1) is 58.6 Å². The number of carbonyl (C=O) groups is 1. The summed E-state index contributed by atoms with van der Waals surface area (Å²) in [6, 6.07) is 35.8. The smallest absolute Gasteiger partial charge is 0.164 e. The molecule has 2 aromatic heterocycles. The fourth-order valence-electron chi connectivity index (χ4n) is 11.3. The van der Waals surface area contributed by atoms with Crippen LogP contribution in [0.2, 0.25) is 0 Å². The number of rotatable bonds is 11. The maximum absolute atomic E-state index is 12.0. The topological polar surface area (TPSA) is 63.1 Å². The van der Waals surface area contributed by atoms with Gasteiger partial charge in [0.25, 0.3) is 0 Å². The Labute approximate surface area is 505 Å². The molecule has 8 aromatic rings. The zero-order valence-corrected chi connectivity index (χ0v) is 55.2. The number of fused-ring (bicyclic) bond motifs is 6. The van der Waals surface area contributed by atoms with Crippen molar-refractivity contribution in [1.82, 2.24) is 9.97 Å². The summed E-state index contributed by atoms with van der Waals surface area (Å²) < 4.78 is 16.9. The van der Waals surface area contributed by atoms with Gasteiger partial charge in [-0.2, -0.15) is 0 Å². The van der Waals surface area contributed by atoms with E-state index in [-0.39, 0.29) is 64.6 Å². The molecule has 2 aliphatic rings. The minimum atomic E-state index is -0.319. The molecule has 0 saturated carbocycles. The summed E-state index contributed by atoms with van der Waals surface area (Å²) in [7, 11) is 0. The summed E-state index contributed by atoms with van der Waals surface area (Å²) in [5.41, 5.74) is 11.0. The molecule has 0 spiro atoms. The number of ketones is 1. The Balaban J connectivity index is 0.000000187. The molecule has 2 aliphatic heterocycles. The van der Waals surface area contributed by atoms with Gasteiger partial charge in [-0.3, -0.25) is 14.8 Å². The molecule has 6 aromatic carbocycles. The van der Waals surface area contributed by atoms with Crippen LogP contribution in [0.25, 0.3) is 65.6 Å². The van der Waals surface area contributed by atoms with Gasteiger partial charge in [0.1, 0.15) is 0 Å². The van der Waals surface area contributed by atoms with E-state index < -0.39 is 0 Å². The maximum Gasteiger partial charge on any atom is 0.164 e. The third-order valence-corrected chi connectivity index (χ3v) is 17.9. The van der Waals surface area contributed by atoms with Gasteiger partial charge >= 0.3 is 0 Å². The number of allylic oxidation sites excluding steroid dienone is 2. The first-order valence-corrected chi connectivity index (χ1v) is 30.6. The van der Waals surface area contributed by atoms with E-state index in [4.69, 9.17) is 12.7 Å². The predicted octanol–water partition coefficient (Wildman–Crippen LogP) is 21.6. The van der Waals surface area contributed by atoms with Crippen molar-refractivity contribution in [2.45, 2.75) is 196 Å². The molecule has 1 N–H and O–H groups in total. The van der Waals surface area contributed by atoms with Crippen molar-refractivity contribution in [2.75, 3.05) is 0 Å². The number of benzene rings is 6. The van der Waals surface area contributed by atoms with Crippen LogP contribution < -0.4 is 0 Å². The van der Waals surface area contributed by atoms with E-state index in [1.165, 1.54) is 75.0 Å². The van der Waals surface area contributed by atoms with Crippen LogP contribution in [0, 0.1) is 52.0 Å². The quantitative estimate of drug-likeness (QED) is 0.0791. The molecule has 0 saturated heterocycles. The number of aliphatic hydroxyl groups excluding tert-OH is 1. The standard InChI is InChI=1S/C30H32NS.C29H30NS.C14H26O2.Ir/c1-18-8-9-22-21(12-18)15-23-27-26-20(10-11-31-27)13-19(16-29(2,3)4)14-25(26)32-28(23)24(22)17-30(5,6)7;1-28(2,3)16-18-13-20-11-12-30-26-22-15-19-9-7-8-10-21(19)23(17-29(4,5)6)27(22)31-24(14-18)25(20)26;1-6-11(7-2)12(15)10-13(16)14(5,8-3)9-4;/h8-14H,16-17H2,1-7H3;7-14H,16-17H2,1-6H3;10-11,15H,6-9H2,1-5H3;/q2*-1;;/b;;12-10-;/i11D;12D;;. The maximum atomic E-state index is 12.0. The molecule has 10 rings (SSSR count). The van der Waals surface area contributed by atoms with Gasteiger partial charge < -0.3 is 5.11 Å². The summed E-state index contributed by atoms with van der Waals surface area (Å²) in [4.78, 5) is 26.6. The molecule has 1 radical (unpaired) electrons. The van der Waals surface area contributed by atoms with Crippen LogP contribution in [0.5, 0.6) is 0 Å². The second-order valence-corrected chi connectivity index (χ2v) is 29.8. The Hall–Kier alpha value is -4.78. The Bertz CT molecular complexity index is 3730. The van der Waals surface area contributed by atoms with E-state index in [0.29, 0.717) is 12.3 Å². The molecular formula is C73H88IrN2O2S2-2. The summed E-state index contributed by atoms with van der Waals surface area (Å²) in [6.45, 7) is 39.7. The number of aliphatic hydroxyl groups is 1. The average molecular weight is 1280 g/mol. The molecule has 425 valence electrons. The Morgan fingerprint density at radius 2 is 1.04 bits per heavy atom. The average Bonchev–Trinajstić information content (AvgIpc) is 1.34. The second-order valence-electron chi connectivity index (χ2n) is 27.7. The van der Waals surface area contributed by atoms with Crippen LogP contribution >= 0.6 is 23.5 Å². The number of hydrogen-bond donors (Lipinski definition) is 1. The third kappa shape index (κ3) is 14.3. The van der Waals surface area contributed by atoms with Crippen molar-refractivity contribution in [3.8, 4) is 22.5 Å². The van der Waals surface area contributed by atoms with E-state index >= 15 is 0 Å². The molecule has 4 nitrogen and oxygen atoms in total. The molecule has 0 amide bonds. The van der Waals surface area contributed by atoms with Gasteiger partial charge in [-0.05, 0) is 147 Å². The molecule has 4 heterocycles. The number of pyridine rings is 2. The summed E-state index contributed by atoms with van der Waals surface area (Å²) in [5.74, 6) is 0.437. The molecule has 7 heteroatoms. The van der Waals surface area contributed by atoms with Crippen LogP contribution in [0.3, 0.4) is 0 Å². The van der Waals surface area contributed by atoms with Gasteiger partial charge in [0.2, 0.25) is 0 Å². The normalized spacial score (nSPS) is 13.7. The van der Waals surface area contributed by atoms with Crippen LogP contribution in [-0.4, -0.2) is 20.9 Å². The molecule has 0 fully saturated rings. The number of hydrogen-bond acceptors (Lipinski definition) is 6. The van der Waals surface area contributed by atoms with Crippen molar-refractivity contribution in [1.29, 1.82) is 0 Å². The van der Waals surface area contributed by atoms with Crippen molar-refractivity contribution >= 4 is 72.4 Å². The first-order valence-electron chi connectivity index (χ1n) is 30.0. The predicted molar refractivity (Wildman–Crippen MR) is 341 cm³/mol. The minimum absolute atomic E-state index is 0. The van der Waals surface area contributed by atoms with E-state index in [9.17, 15) is 9.90 Å². The number of nitrogens with zero attached hydrogens (tertiary/aromatic N) is 2. The van der Waals surface area contributed by atoms with E-state index in [1.54, 1.807) is 0 Å². The van der Waals surface area contributed by atoms with Crippen molar-refractivity contribution in [3.63, 3.8) is 0 Å². The molecule has 0 bridgehead atoms. The Morgan fingerprint density at radius 3 is 1.48 bits per heavy atom. The van der Waals surface area contributed by atoms with Crippen LogP contribution in [-0.2, 0) is 50.6 Å². The first-order chi connectivity index (χ1) is 37.8. The molecular weight excluding hydrogens is 1190 g/mol. The van der Waals surface area contributed by atoms with Gasteiger partial charge in [-0.1, -0.05) is 199 Å². The van der Waals surface area contributed by atoms with Crippen molar-refractivity contribution < 1.29 is 32.7 Å². The molecule has 80 heavy (non-hydrogen) atoms. The van der Waals surface area contributed by atoms with Crippen molar-refractivity contribution in [3.05, 3.63) is 143 Å². The molecule has 0 unspecified atom stereocenters.